The molecule has 0 bridgehead atoms. The summed E-state index contributed by atoms with van der Waals surface area (Å²) < 4.78 is 4.74. The van der Waals surface area contributed by atoms with Crippen LogP contribution in [-0.4, -0.2) is 54.7 Å². The minimum absolute atomic E-state index is 0.0954. The minimum Gasteiger partial charge on any atom is -0.480 e. The van der Waals surface area contributed by atoms with Crippen LogP contribution in [0.4, 0.5) is 4.79 Å². The van der Waals surface area contributed by atoms with Crippen LogP contribution in [0.25, 0.3) is 0 Å². The number of ether oxygens (including phenoxy) is 1. The molecule has 1 unspecified atom stereocenters. The molecule has 0 aromatic carbocycles. The van der Waals surface area contributed by atoms with Crippen molar-refractivity contribution >= 4 is 18.5 Å². The summed E-state index contributed by atoms with van der Waals surface area (Å²) in [6, 6.07) is -1.01. The maximum atomic E-state index is 11.3. The van der Waals surface area contributed by atoms with Crippen LogP contribution in [0.2, 0.25) is 0 Å². The fourth-order valence-electron chi connectivity index (χ4n) is 1.01. The number of hydrogen-bond donors (Lipinski definition) is 2. The summed E-state index contributed by atoms with van der Waals surface area (Å²) >= 11 is 0. The number of nitrogens with one attached hydrogen (secondary N) is 1. The molecule has 0 aromatic heterocycles. The molecule has 7 nitrogen and oxygen atoms in total. The van der Waals surface area contributed by atoms with Crippen LogP contribution in [-0.2, 0) is 14.3 Å². The van der Waals surface area contributed by atoms with E-state index in [1.54, 1.807) is 0 Å². The lowest BCUT2D eigenvalue weighted by Crippen LogP contribution is -2.39. The first-order valence-electron chi connectivity index (χ1n) is 4.94. The quantitative estimate of drug-likeness (QED) is 0.456. The van der Waals surface area contributed by atoms with E-state index >= 15 is 0 Å². The van der Waals surface area contributed by atoms with E-state index in [4.69, 9.17) is 9.84 Å². The highest BCUT2D eigenvalue weighted by Crippen LogP contribution is 1.97. The monoisotopic (exact) mass is 244 g/mol. The van der Waals surface area contributed by atoms with Gasteiger partial charge in [0.25, 0.3) is 0 Å². The van der Waals surface area contributed by atoms with Gasteiger partial charge in [-0.05, 0) is 6.42 Å². The number of carboxylic acid groups (broad SMARTS) is 1. The Morgan fingerprint density at radius 2 is 2.24 bits per heavy atom. The third-order valence-corrected chi connectivity index (χ3v) is 1.96. The molecule has 0 aliphatic carbocycles. The van der Waals surface area contributed by atoms with Crippen molar-refractivity contribution < 1.29 is 24.2 Å². The standard InChI is InChI=1S/C10H16N2O5/c1-3-6-17-10(16)12(2)5-4-8(9(14)15)11-7-13/h3,7-8H,1,4-6H2,2H3,(H,11,13)(H,14,15). The predicted molar refractivity (Wildman–Crippen MR) is 59.4 cm³/mol. The number of hydrogen-bond acceptors (Lipinski definition) is 4. The Kier molecular flexibility index (Phi) is 7.16. The Morgan fingerprint density at radius 3 is 2.71 bits per heavy atom. The molecule has 0 saturated heterocycles. The zero-order chi connectivity index (χ0) is 13.3. The molecule has 2 amide bonds. The highest BCUT2D eigenvalue weighted by atomic mass is 16.6. The first-order chi connectivity index (χ1) is 8.02. The number of nitrogens with zero attached hydrogens (tertiary/aromatic N) is 1. The molecule has 0 radical (unpaired) electrons. The van der Waals surface area contributed by atoms with Crippen LogP contribution in [0.5, 0.6) is 0 Å². The molecule has 17 heavy (non-hydrogen) atoms. The number of aliphatic carboxylic acids is 1. The van der Waals surface area contributed by atoms with Gasteiger partial charge in [-0.15, -0.1) is 0 Å². The minimum atomic E-state index is -1.15. The summed E-state index contributed by atoms with van der Waals surface area (Å²) in [4.78, 5) is 33.3. The van der Waals surface area contributed by atoms with E-state index in [1.165, 1.54) is 18.0 Å². The summed E-state index contributed by atoms with van der Waals surface area (Å²) in [6.45, 7) is 3.65. The molecule has 0 heterocycles. The summed E-state index contributed by atoms with van der Waals surface area (Å²) in [5, 5.41) is 10.9. The fourth-order valence-corrected chi connectivity index (χ4v) is 1.01. The first kappa shape index (κ1) is 14.9. The lowest BCUT2D eigenvalue weighted by Gasteiger charge is -2.18. The van der Waals surface area contributed by atoms with Gasteiger partial charge in [-0.2, -0.15) is 0 Å². The van der Waals surface area contributed by atoms with Crippen molar-refractivity contribution in [2.24, 2.45) is 0 Å². The van der Waals surface area contributed by atoms with Crippen molar-refractivity contribution in [2.45, 2.75) is 12.5 Å². The normalized spacial score (nSPS) is 11.1. The Balaban J connectivity index is 4.06. The molecule has 0 aliphatic rings. The van der Waals surface area contributed by atoms with Gasteiger partial charge in [-0.25, -0.2) is 9.59 Å². The lowest BCUT2D eigenvalue weighted by atomic mass is 10.2. The van der Waals surface area contributed by atoms with Gasteiger partial charge in [-0.1, -0.05) is 12.7 Å². The van der Waals surface area contributed by atoms with Crippen molar-refractivity contribution in [1.29, 1.82) is 0 Å². The predicted octanol–water partition coefficient (Wildman–Crippen LogP) is -0.170. The zero-order valence-corrected chi connectivity index (χ0v) is 9.59. The van der Waals surface area contributed by atoms with Crippen molar-refractivity contribution in [2.75, 3.05) is 20.2 Å². The maximum absolute atomic E-state index is 11.3. The first-order valence-corrected chi connectivity index (χ1v) is 4.94. The molecule has 0 spiro atoms. The molecular weight excluding hydrogens is 228 g/mol. The van der Waals surface area contributed by atoms with Gasteiger partial charge < -0.3 is 20.1 Å². The van der Waals surface area contributed by atoms with E-state index in [2.05, 4.69) is 11.9 Å². The fraction of sp³-hybridized carbons (Fsp3) is 0.500. The van der Waals surface area contributed by atoms with Gasteiger partial charge in [0.2, 0.25) is 6.41 Å². The highest BCUT2D eigenvalue weighted by Gasteiger charge is 2.18. The number of rotatable bonds is 8. The van der Waals surface area contributed by atoms with Gasteiger partial charge in [0.1, 0.15) is 12.6 Å². The molecule has 0 saturated carbocycles. The second-order valence-corrected chi connectivity index (χ2v) is 3.25. The molecule has 7 heteroatoms. The Bertz CT molecular complexity index is 292. The van der Waals surface area contributed by atoms with E-state index in [0.29, 0.717) is 6.41 Å². The molecular formula is C10H16N2O5. The molecule has 96 valence electrons. The molecule has 0 fully saturated rings. The van der Waals surface area contributed by atoms with Crippen LogP contribution < -0.4 is 5.32 Å². The van der Waals surface area contributed by atoms with Crippen LogP contribution in [0.15, 0.2) is 12.7 Å². The van der Waals surface area contributed by atoms with Gasteiger partial charge in [0, 0.05) is 13.6 Å². The van der Waals surface area contributed by atoms with Crippen molar-refractivity contribution in [3.05, 3.63) is 12.7 Å². The second kappa shape index (κ2) is 8.14. The van der Waals surface area contributed by atoms with E-state index in [0.717, 1.165) is 0 Å². The topological polar surface area (TPSA) is 95.9 Å². The summed E-state index contributed by atoms with van der Waals surface area (Å²) in [6.07, 6.45) is 1.28. The summed E-state index contributed by atoms with van der Waals surface area (Å²) in [5.41, 5.74) is 0. The number of carbonyl (C=O) groups is 3. The Morgan fingerprint density at radius 1 is 1.59 bits per heavy atom. The van der Waals surface area contributed by atoms with Gasteiger partial charge in [-0.3, -0.25) is 4.79 Å². The zero-order valence-electron chi connectivity index (χ0n) is 9.59. The second-order valence-electron chi connectivity index (χ2n) is 3.25. The Hall–Kier alpha value is -2.05. The van der Waals surface area contributed by atoms with Crippen LogP contribution in [0.1, 0.15) is 6.42 Å². The van der Waals surface area contributed by atoms with E-state index in [1.807, 2.05) is 0 Å². The van der Waals surface area contributed by atoms with Crippen LogP contribution >= 0.6 is 0 Å². The molecule has 1 atom stereocenters. The third-order valence-electron chi connectivity index (χ3n) is 1.96. The van der Waals surface area contributed by atoms with E-state index < -0.39 is 18.1 Å². The molecule has 0 aliphatic heterocycles. The van der Waals surface area contributed by atoms with Crippen molar-refractivity contribution in [3.8, 4) is 0 Å². The average Bonchev–Trinajstić information content (AvgIpc) is 2.30. The number of amides is 2. The summed E-state index contributed by atoms with van der Waals surface area (Å²) in [7, 11) is 1.48. The van der Waals surface area contributed by atoms with E-state index in [9.17, 15) is 14.4 Å². The van der Waals surface area contributed by atoms with Crippen molar-refractivity contribution in [1.82, 2.24) is 10.2 Å². The average molecular weight is 244 g/mol. The maximum Gasteiger partial charge on any atom is 0.409 e. The largest absolute Gasteiger partial charge is 0.480 e. The van der Waals surface area contributed by atoms with Gasteiger partial charge >= 0.3 is 12.1 Å². The van der Waals surface area contributed by atoms with Crippen molar-refractivity contribution in [3.63, 3.8) is 0 Å². The number of carboxylic acids is 1. The third kappa shape index (κ3) is 6.18. The Labute approximate surface area is 99.0 Å². The lowest BCUT2D eigenvalue weighted by molar-refractivity contribution is -0.140. The SMILES string of the molecule is C=CCOC(=O)N(C)CCC(NC=O)C(=O)O. The van der Waals surface area contributed by atoms with Crippen LogP contribution in [0.3, 0.4) is 0 Å². The summed E-state index contributed by atoms with van der Waals surface area (Å²) in [5.74, 6) is -1.15. The molecule has 0 rings (SSSR count). The van der Waals surface area contributed by atoms with Crippen LogP contribution in [0, 0.1) is 0 Å². The van der Waals surface area contributed by atoms with Gasteiger partial charge in [0.05, 0.1) is 0 Å². The molecule has 2 N–H and O–H groups in total. The van der Waals surface area contributed by atoms with Gasteiger partial charge in [0.15, 0.2) is 0 Å². The number of carbonyl (C=O) groups excluding carboxylic acids is 2. The molecule has 0 aromatic rings. The highest BCUT2D eigenvalue weighted by molar-refractivity contribution is 5.76. The smallest absolute Gasteiger partial charge is 0.409 e. The van der Waals surface area contributed by atoms with E-state index in [-0.39, 0.29) is 19.6 Å².